The monoisotopic (exact) mass is 589 g/mol. The standard InChI is InChI=1S/C30H32N5O6P/c1-3-4-18-41-30(38)35-16-14-34(15-17-35)29(37)26(20-42-39)33-28(36)25-19-24(21-10-12-23(40-2)13-11-21)31-27(32-25)22-8-6-5-7-9-22/h5-13,19,26H,3-4,14-18H2,1-2H3,(H,33,36)/t26-/m0/s1. The number of carbonyl (C=O) groups excluding carboxylic acids is 3. The molecule has 1 N–H and O–H groups in total. The second kappa shape index (κ2) is 15.0. The number of unbranched alkanes of at least 4 members (excludes halogenated alkanes) is 1. The van der Waals surface area contributed by atoms with E-state index in [9.17, 15) is 18.9 Å². The van der Waals surface area contributed by atoms with Crippen LogP contribution in [0.4, 0.5) is 4.79 Å². The number of nitrogens with one attached hydrogen (secondary N) is 1. The summed E-state index contributed by atoms with van der Waals surface area (Å²) in [6, 6.07) is 16.7. The number of carbonyl (C=O) groups is 3. The van der Waals surface area contributed by atoms with Gasteiger partial charge in [0.25, 0.3) is 0 Å². The maximum absolute atomic E-state index is 13.4. The zero-order valence-corrected chi connectivity index (χ0v) is 24.4. The van der Waals surface area contributed by atoms with Crippen molar-refractivity contribution in [2.24, 2.45) is 0 Å². The zero-order valence-electron chi connectivity index (χ0n) is 23.5. The van der Waals surface area contributed by atoms with E-state index in [-0.39, 0.29) is 31.9 Å². The molecule has 218 valence electrons. The van der Waals surface area contributed by atoms with Crippen LogP contribution in [-0.4, -0.2) is 83.6 Å². The molecule has 1 aliphatic heterocycles. The molecule has 4 rings (SSSR count). The van der Waals surface area contributed by atoms with Gasteiger partial charge in [0.1, 0.15) is 0 Å². The normalized spacial score (nSPS) is 13.5. The minimum atomic E-state index is -1.29. The van der Waals surface area contributed by atoms with Crippen molar-refractivity contribution in [3.05, 3.63) is 66.4 Å². The Morgan fingerprint density at radius 3 is 2.31 bits per heavy atom. The predicted octanol–water partition coefficient (Wildman–Crippen LogP) is 4.25. The molecule has 0 unspecified atom stereocenters. The Labute approximate surface area is 245 Å². The van der Waals surface area contributed by atoms with E-state index in [2.05, 4.69) is 20.9 Å². The van der Waals surface area contributed by atoms with Crippen LogP contribution in [0.3, 0.4) is 0 Å². The molecule has 0 bridgehead atoms. The number of rotatable bonds is 9. The molecule has 2 heterocycles. The summed E-state index contributed by atoms with van der Waals surface area (Å²) in [7, 11) is 1.03. The van der Waals surface area contributed by atoms with Gasteiger partial charge in [-0.05, 0) is 0 Å². The molecule has 0 radical (unpaired) electrons. The van der Waals surface area contributed by atoms with Gasteiger partial charge in [0.2, 0.25) is 0 Å². The molecule has 1 aromatic heterocycles. The van der Waals surface area contributed by atoms with E-state index in [0.717, 1.165) is 18.4 Å². The first-order valence-corrected chi connectivity index (χ1v) is 14.4. The van der Waals surface area contributed by atoms with Crippen molar-refractivity contribution >= 4 is 25.8 Å². The second-order valence-corrected chi connectivity index (χ2v) is 9.90. The van der Waals surface area contributed by atoms with E-state index < -0.39 is 31.9 Å². The molecular formula is C30H32N5O6P. The molecule has 1 aliphatic rings. The summed E-state index contributed by atoms with van der Waals surface area (Å²) in [5.41, 5.74) is 4.45. The van der Waals surface area contributed by atoms with Gasteiger partial charge in [-0.1, -0.05) is 6.92 Å². The Kier molecular flexibility index (Phi) is 10.9. The fourth-order valence-corrected chi connectivity index (χ4v) is 4.56. The fraction of sp³-hybridized carbons (Fsp3) is 0.333. The third kappa shape index (κ3) is 7.84. The van der Waals surface area contributed by atoms with Crippen molar-refractivity contribution in [3.63, 3.8) is 0 Å². The molecule has 42 heavy (non-hydrogen) atoms. The Hall–Kier alpha value is -4.46. The van der Waals surface area contributed by atoms with Crippen LogP contribution in [0, 0.1) is 5.63 Å². The molecule has 0 saturated carbocycles. The zero-order chi connectivity index (χ0) is 29.9. The van der Waals surface area contributed by atoms with E-state index in [0.29, 0.717) is 29.4 Å². The van der Waals surface area contributed by atoms with Crippen LogP contribution in [0.5, 0.6) is 5.75 Å². The molecule has 11 nitrogen and oxygen atoms in total. The quantitative estimate of drug-likeness (QED) is 0.290. The van der Waals surface area contributed by atoms with Crippen LogP contribution >= 0.6 is 7.92 Å². The molecule has 0 spiro atoms. The molecule has 12 heteroatoms. The number of ether oxygens (including phenoxy) is 2. The number of methoxy groups -OCH3 is 1. The van der Waals surface area contributed by atoms with Gasteiger partial charge in [-0.3, -0.25) is 0 Å². The van der Waals surface area contributed by atoms with Gasteiger partial charge in [-0.15, -0.1) is 0 Å². The van der Waals surface area contributed by atoms with E-state index in [1.54, 1.807) is 24.1 Å². The number of hydrogen-bond donors (Lipinski definition) is 1. The first kappa shape index (κ1) is 30.5. The van der Waals surface area contributed by atoms with Crippen molar-refractivity contribution in [2.45, 2.75) is 25.8 Å². The summed E-state index contributed by atoms with van der Waals surface area (Å²) in [5, 5.41) is 2.61. The average molecular weight is 590 g/mol. The average Bonchev–Trinajstić information content (AvgIpc) is 3.04. The number of hydrogen-bond acceptors (Lipinski definition) is 8. The summed E-state index contributed by atoms with van der Waals surface area (Å²) in [5.74, 6) is -0.142. The SMILES string of the molecule is CCCCOC(=O)N1CCN(C(=O)[C@H](C#P=O)NC(=O)c2cc(-c3ccc(OC)cc3)nc(-c3ccccc3)n2)CC1. The number of benzene rings is 2. The van der Waals surface area contributed by atoms with Gasteiger partial charge in [-0.25, -0.2) is 0 Å². The van der Waals surface area contributed by atoms with Crippen molar-refractivity contribution in [2.75, 3.05) is 39.9 Å². The first-order valence-electron chi connectivity index (χ1n) is 13.6. The van der Waals surface area contributed by atoms with Crippen LogP contribution < -0.4 is 10.1 Å². The van der Waals surface area contributed by atoms with Gasteiger partial charge in [0, 0.05) is 0 Å². The van der Waals surface area contributed by atoms with Gasteiger partial charge in [0.05, 0.1) is 7.11 Å². The topological polar surface area (TPSA) is 131 Å². The second-order valence-electron chi connectivity index (χ2n) is 9.46. The van der Waals surface area contributed by atoms with Gasteiger partial charge in [-0.2, -0.15) is 0 Å². The number of amides is 3. The van der Waals surface area contributed by atoms with Gasteiger partial charge in [0.15, 0.2) is 0 Å². The summed E-state index contributed by atoms with van der Waals surface area (Å²) < 4.78 is 22.0. The van der Waals surface area contributed by atoms with Gasteiger partial charge >= 0.3 is 231 Å². The summed E-state index contributed by atoms with van der Waals surface area (Å²) >= 11 is 0. The summed E-state index contributed by atoms with van der Waals surface area (Å²) in [6.07, 6.45) is 1.29. The van der Waals surface area contributed by atoms with Gasteiger partial charge < -0.3 is 0 Å². The van der Waals surface area contributed by atoms with Crippen LogP contribution in [-0.2, 0) is 14.1 Å². The van der Waals surface area contributed by atoms with Crippen molar-refractivity contribution in [1.29, 1.82) is 0 Å². The Bertz CT molecular complexity index is 1510. The molecule has 1 saturated heterocycles. The predicted molar refractivity (Wildman–Crippen MR) is 157 cm³/mol. The van der Waals surface area contributed by atoms with Crippen LogP contribution in [0.15, 0.2) is 60.7 Å². The van der Waals surface area contributed by atoms with E-state index in [1.807, 2.05) is 49.4 Å². The van der Waals surface area contributed by atoms with Crippen molar-refractivity contribution < 1.29 is 28.4 Å². The molecule has 2 aromatic carbocycles. The number of aromatic nitrogens is 2. The van der Waals surface area contributed by atoms with E-state index in [4.69, 9.17) is 9.47 Å². The minimum absolute atomic E-state index is 0.0245. The van der Waals surface area contributed by atoms with Crippen molar-refractivity contribution in [1.82, 2.24) is 25.1 Å². The Morgan fingerprint density at radius 1 is 0.976 bits per heavy atom. The van der Waals surface area contributed by atoms with E-state index in [1.165, 1.54) is 11.0 Å². The Balaban J connectivity index is 1.52. The maximum atomic E-state index is 13.4. The van der Waals surface area contributed by atoms with Crippen LogP contribution in [0.25, 0.3) is 22.6 Å². The molecular weight excluding hydrogens is 557 g/mol. The first-order chi connectivity index (χ1) is 20.4. The number of piperazine rings is 1. The molecule has 1 atom stereocenters. The van der Waals surface area contributed by atoms with Crippen LogP contribution in [0.1, 0.15) is 30.3 Å². The summed E-state index contributed by atoms with van der Waals surface area (Å²) in [6.45, 7) is 3.39. The molecule has 0 aliphatic carbocycles. The van der Waals surface area contributed by atoms with E-state index >= 15 is 0 Å². The molecule has 3 amide bonds. The molecule has 1 fully saturated rings. The molecule has 3 aromatic rings. The fourth-order valence-electron chi connectivity index (χ4n) is 4.28. The summed E-state index contributed by atoms with van der Waals surface area (Å²) in [4.78, 5) is 51.2. The number of nitrogens with zero attached hydrogens (tertiary/aromatic N) is 4. The van der Waals surface area contributed by atoms with Crippen molar-refractivity contribution in [3.8, 4) is 34.0 Å². The van der Waals surface area contributed by atoms with Crippen LogP contribution in [0.2, 0.25) is 0 Å². The third-order valence-corrected chi connectivity index (χ3v) is 7.02. The third-order valence-electron chi connectivity index (χ3n) is 6.65. The Morgan fingerprint density at radius 2 is 1.67 bits per heavy atom.